The molecule has 0 aromatic heterocycles. The molecule has 10 heteroatoms. The summed E-state index contributed by atoms with van der Waals surface area (Å²) >= 11 is 0. The predicted octanol–water partition coefficient (Wildman–Crippen LogP) is 19.2. The van der Waals surface area contributed by atoms with Gasteiger partial charge in [0.15, 0.2) is 6.10 Å². The SMILES string of the molecule is CCCCCCCCCC/C=C\CCCCCCCCCCCCCCCCCCCCCCCCCC(=O)OC(COC(=O)CCCCCCCCCCCCCC)COP(=O)(O)OCC[N+](C)(C)C. The van der Waals surface area contributed by atoms with Crippen molar-refractivity contribution in [3.63, 3.8) is 0 Å². The second kappa shape index (κ2) is 53.6. The summed E-state index contributed by atoms with van der Waals surface area (Å²) in [5.74, 6) is -0.779. The number of unbranched alkanes of at least 4 members (excludes halogenated alkanes) is 42. The Hall–Kier alpha value is -1.25. The largest absolute Gasteiger partial charge is 0.472 e. The number of carbonyl (C=O) groups is 2. The van der Waals surface area contributed by atoms with E-state index in [1.807, 2.05) is 21.1 Å². The Kier molecular flexibility index (Phi) is 52.6. The number of phosphoric acid groups is 1. The van der Waals surface area contributed by atoms with Gasteiger partial charge in [0, 0.05) is 12.8 Å². The lowest BCUT2D eigenvalue weighted by Crippen LogP contribution is -2.37. The van der Waals surface area contributed by atoms with Gasteiger partial charge >= 0.3 is 19.8 Å². The molecule has 0 aromatic rings. The topological polar surface area (TPSA) is 108 Å². The number of allylic oxidation sites excluding steroid dienone is 2. The van der Waals surface area contributed by atoms with Crippen LogP contribution in [0, 0.1) is 0 Å². The summed E-state index contributed by atoms with van der Waals surface area (Å²) in [6, 6.07) is 0. The summed E-state index contributed by atoms with van der Waals surface area (Å²) in [6.07, 6.45) is 63.2. The van der Waals surface area contributed by atoms with Crippen molar-refractivity contribution >= 4 is 19.8 Å². The molecule has 0 aliphatic rings. The fraction of sp³-hybridized carbons (Fsp3) is 0.934. The van der Waals surface area contributed by atoms with Gasteiger partial charge < -0.3 is 18.9 Å². The van der Waals surface area contributed by atoms with Crippen LogP contribution in [0.5, 0.6) is 0 Å². The van der Waals surface area contributed by atoms with E-state index in [2.05, 4.69) is 26.0 Å². The third kappa shape index (κ3) is 57.9. The summed E-state index contributed by atoms with van der Waals surface area (Å²) in [4.78, 5) is 35.6. The normalized spacial score (nSPS) is 13.3. The first-order chi connectivity index (χ1) is 34.5. The molecule has 0 spiro atoms. The first kappa shape index (κ1) is 69.8. The molecule has 1 N–H and O–H groups in total. The molecule has 0 radical (unpaired) electrons. The highest BCUT2D eigenvalue weighted by Gasteiger charge is 2.27. The minimum absolute atomic E-state index is 0.0364. The number of rotatable bonds is 58. The minimum atomic E-state index is -4.38. The zero-order valence-corrected chi connectivity index (χ0v) is 48.9. The second-order valence-electron chi connectivity index (χ2n) is 22.5. The Morgan fingerprint density at radius 3 is 1.04 bits per heavy atom. The van der Waals surface area contributed by atoms with Crippen LogP contribution in [0.15, 0.2) is 12.2 Å². The fourth-order valence-electron chi connectivity index (χ4n) is 9.25. The van der Waals surface area contributed by atoms with Crippen LogP contribution in [0.3, 0.4) is 0 Å². The van der Waals surface area contributed by atoms with Gasteiger partial charge in [0.1, 0.15) is 19.8 Å². The van der Waals surface area contributed by atoms with Gasteiger partial charge in [-0.3, -0.25) is 18.6 Å². The van der Waals surface area contributed by atoms with Crippen molar-refractivity contribution in [3.8, 4) is 0 Å². The molecular weight excluding hydrogens is 906 g/mol. The molecule has 9 nitrogen and oxygen atoms in total. The van der Waals surface area contributed by atoms with Gasteiger partial charge in [-0.25, -0.2) is 4.57 Å². The fourth-order valence-corrected chi connectivity index (χ4v) is 9.99. The van der Waals surface area contributed by atoms with Gasteiger partial charge in [-0.2, -0.15) is 0 Å². The molecule has 0 bridgehead atoms. The van der Waals surface area contributed by atoms with Crippen LogP contribution in [0.2, 0.25) is 0 Å². The highest BCUT2D eigenvalue weighted by atomic mass is 31.2. The van der Waals surface area contributed by atoms with Crippen LogP contribution in [-0.2, 0) is 32.7 Å². The van der Waals surface area contributed by atoms with E-state index in [-0.39, 0.29) is 25.6 Å². The molecule has 0 aliphatic carbocycles. The van der Waals surface area contributed by atoms with E-state index in [9.17, 15) is 19.0 Å². The number of carbonyl (C=O) groups excluding carboxylic acids is 2. The molecule has 422 valence electrons. The maximum absolute atomic E-state index is 12.8. The maximum atomic E-state index is 12.8. The molecule has 2 unspecified atom stereocenters. The van der Waals surface area contributed by atoms with Crippen molar-refractivity contribution in [1.29, 1.82) is 0 Å². The average Bonchev–Trinajstić information content (AvgIpc) is 3.33. The number of phosphoric ester groups is 1. The molecule has 0 aliphatic heterocycles. The molecule has 0 rings (SSSR count). The van der Waals surface area contributed by atoms with Crippen LogP contribution in [0.25, 0.3) is 0 Å². The average molecular weight is 1030 g/mol. The number of hydrogen-bond donors (Lipinski definition) is 1. The van der Waals surface area contributed by atoms with Gasteiger partial charge in [0.2, 0.25) is 0 Å². The summed E-state index contributed by atoms with van der Waals surface area (Å²) in [5.41, 5.74) is 0. The summed E-state index contributed by atoms with van der Waals surface area (Å²) in [7, 11) is 1.50. The monoisotopic (exact) mass is 1030 g/mol. The molecule has 71 heavy (non-hydrogen) atoms. The number of likely N-dealkylation sites (N-methyl/N-ethyl adjacent to an activating group) is 1. The van der Waals surface area contributed by atoms with Gasteiger partial charge in [-0.15, -0.1) is 0 Å². The second-order valence-corrected chi connectivity index (χ2v) is 23.9. The quantitative estimate of drug-likeness (QED) is 0.0211. The number of nitrogens with zero attached hydrogens (tertiary/aromatic N) is 1. The van der Waals surface area contributed by atoms with Crippen molar-refractivity contribution in [1.82, 2.24) is 0 Å². The molecule has 2 atom stereocenters. The van der Waals surface area contributed by atoms with Crippen LogP contribution in [-0.4, -0.2) is 74.9 Å². The molecular formula is C61H121NO8P+. The van der Waals surface area contributed by atoms with Crippen molar-refractivity contribution < 1.29 is 42.1 Å². The van der Waals surface area contributed by atoms with E-state index < -0.39 is 26.5 Å². The number of ether oxygens (including phenoxy) is 2. The van der Waals surface area contributed by atoms with E-state index in [0.29, 0.717) is 17.4 Å². The van der Waals surface area contributed by atoms with E-state index in [4.69, 9.17) is 18.5 Å². The standard InChI is InChI=1S/C61H120NO8P/c1-6-8-10-12-14-16-18-20-21-22-23-24-25-26-27-28-29-30-31-32-33-34-35-36-37-38-39-40-41-42-44-46-48-50-52-54-61(64)70-59(58-69-71(65,66)68-56-55-62(3,4)5)57-67-60(63)53-51-49-47-45-43-19-17-15-13-11-9-7-2/h22-23,59H,6-21,24-58H2,1-5H3/p+1/b23-22-. The van der Waals surface area contributed by atoms with E-state index in [1.54, 1.807) is 0 Å². The van der Waals surface area contributed by atoms with Gasteiger partial charge in [-0.05, 0) is 38.5 Å². The highest BCUT2D eigenvalue weighted by Crippen LogP contribution is 2.43. The maximum Gasteiger partial charge on any atom is 0.472 e. The lowest BCUT2D eigenvalue weighted by Gasteiger charge is -2.24. The first-order valence-electron chi connectivity index (χ1n) is 30.9. The summed E-state index contributed by atoms with van der Waals surface area (Å²) < 4.78 is 34.5. The molecule has 0 fully saturated rings. The lowest BCUT2D eigenvalue weighted by molar-refractivity contribution is -0.870. The van der Waals surface area contributed by atoms with Crippen LogP contribution >= 0.6 is 7.82 Å². The molecule has 0 saturated carbocycles. The Labute approximate surface area is 441 Å². The minimum Gasteiger partial charge on any atom is -0.462 e. The highest BCUT2D eigenvalue weighted by molar-refractivity contribution is 7.47. The Morgan fingerprint density at radius 1 is 0.423 bits per heavy atom. The lowest BCUT2D eigenvalue weighted by atomic mass is 10.0. The number of esters is 2. The van der Waals surface area contributed by atoms with Crippen LogP contribution < -0.4 is 0 Å². The third-order valence-electron chi connectivity index (χ3n) is 14.0. The Bertz CT molecular complexity index is 1210. The summed E-state index contributed by atoms with van der Waals surface area (Å²) in [6.45, 7) is 4.48. The van der Waals surface area contributed by atoms with Crippen LogP contribution in [0.4, 0.5) is 0 Å². The first-order valence-corrected chi connectivity index (χ1v) is 32.4. The van der Waals surface area contributed by atoms with Crippen molar-refractivity contribution in [2.45, 2.75) is 322 Å². The van der Waals surface area contributed by atoms with Gasteiger partial charge in [0.25, 0.3) is 0 Å². The van der Waals surface area contributed by atoms with Gasteiger partial charge in [0.05, 0.1) is 27.7 Å². The zero-order chi connectivity index (χ0) is 52.0. The number of quaternary nitrogens is 1. The molecule has 0 saturated heterocycles. The van der Waals surface area contributed by atoms with Gasteiger partial charge in [-0.1, -0.05) is 276 Å². The Balaban J connectivity index is 3.89. The zero-order valence-electron chi connectivity index (χ0n) is 48.0. The number of hydrogen-bond acceptors (Lipinski definition) is 7. The van der Waals surface area contributed by atoms with Crippen molar-refractivity contribution in [2.75, 3.05) is 47.5 Å². The molecule has 0 amide bonds. The molecule has 0 heterocycles. The summed E-state index contributed by atoms with van der Waals surface area (Å²) in [5, 5.41) is 0. The van der Waals surface area contributed by atoms with Crippen molar-refractivity contribution in [3.05, 3.63) is 12.2 Å². The molecule has 0 aromatic carbocycles. The smallest absolute Gasteiger partial charge is 0.462 e. The van der Waals surface area contributed by atoms with E-state index >= 15 is 0 Å². The predicted molar refractivity (Wildman–Crippen MR) is 303 cm³/mol. The van der Waals surface area contributed by atoms with Crippen LogP contribution in [0.1, 0.15) is 316 Å². The Morgan fingerprint density at radius 2 is 0.718 bits per heavy atom. The van der Waals surface area contributed by atoms with Crippen molar-refractivity contribution in [2.24, 2.45) is 0 Å². The van der Waals surface area contributed by atoms with E-state index in [1.165, 1.54) is 250 Å². The van der Waals surface area contributed by atoms with E-state index in [0.717, 1.165) is 38.5 Å². The third-order valence-corrected chi connectivity index (χ3v) is 15.0.